The molecule has 0 saturated carbocycles. The lowest BCUT2D eigenvalue weighted by Crippen LogP contribution is -2.50. The summed E-state index contributed by atoms with van der Waals surface area (Å²) in [6.45, 7) is 5.67. The van der Waals surface area contributed by atoms with Gasteiger partial charge in [-0.1, -0.05) is 0 Å². The highest BCUT2D eigenvalue weighted by molar-refractivity contribution is 5.77. The predicted octanol–water partition coefficient (Wildman–Crippen LogP) is -0.144. The summed E-state index contributed by atoms with van der Waals surface area (Å²) in [7, 11) is 1.43. The maximum Gasteiger partial charge on any atom is 0.242 e. The van der Waals surface area contributed by atoms with Gasteiger partial charge in [-0.25, -0.2) is 0 Å². The first-order valence-electron chi connectivity index (χ1n) is 7.20. The monoisotopic (exact) mass is 307 g/mol. The summed E-state index contributed by atoms with van der Waals surface area (Å²) in [6.07, 6.45) is 1.56. The van der Waals surface area contributed by atoms with Crippen LogP contribution in [0.15, 0.2) is 17.1 Å². The molecule has 2 amide bonds. The zero-order valence-electron chi connectivity index (χ0n) is 13.2. The van der Waals surface area contributed by atoms with E-state index in [4.69, 9.17) is 4.74 Å². The van der Waals surface area contributed by atoms with Crippen LogP contribution in [0.1, 0.15) is 12.6 Å². The van der Waals surface area contributed by atoms with Gasteiger partial charge in [-0.15, -0.1) is 0 Å². The summed E-state index contributed by atoms with van der Waals surface area (Å²) < 4.78 is 6.71. The van der Waals surface area contributed by atoms with Gasteiger partial charge in [0, 0.05) is 44.9 Å². The lowest BCUT2D eigenvalue weighted by Gasteiger charge is -2.34. The number of hydrogen-bond donors (Lipinski definition) is 0. The van der Waals surface area contributed by atoms with E-state index in [-0.39, 0.29) is 29.5 Å². The quantitative estimate of drug-likeness (QED) is 0.779. The van der Waals surface area contributed by atoms with Crippen molar-refractivity contribution in [2.75, 3.05) is 33.3 Å². The average molecular weight is 307 g/mol. The van der Waals surface area contributed by atoms with E-state index in [1.54, 1.807) is 27.5 Å². The fraction of sp³-hybridized carbons (Fsp3) is 0.533. The molecule has 0 aliphatic carbocycles. The Bertz CT molecular complexity index is 630. The second kappa shape index (κ2) is 6.64. The zero-order valence-corrected chi connectivity index (χ0v) is 13.2. The van der Waals surface area contributed by atoms with Crippen molar-refractivity contribution in [3.05, 3.63) is 28.2 Å². The van der Waals surface area contributed by atoms with Crippen LogP contribution in [0.3, 0.4) is 0 Å². The SMILES string of the molecule is COc1cn(CC(=O)N2CCN(C(C)=O)CC2)c(C)cc1=O. The van der Waals surface area contributed by atoms with Gasteiger partial charge in [-0.2, -0.15) is 0 Å². The fourth-order valence-corrected chi connectivity index (χ4v) is 2.49. The van der Waals surface area contributed by atoms with E-state index in [0.29, 0.717) is 31.9 Å². The van der Waals surface area contributed by atoms with Crippen molar-refractivity contribution in [3.63, 3.8) is 0 Å². The Morgan fingerprint density at radius 2 is 1.77 bits per heavy atom. The molecule has 0 atom stereocenters. The molecule has 7 nitrogen and oxygen atoms in total. The molecule has 0 spiro atoms. The molecule has 0 bridgehead atoms. The number of aromatic nitrogens is 1. The first-order valence-corrected chi connectivity index (χ1v) is 7.20. The molecule has 1 fully saturated rings. The number of aryl methyl sites for hydroxylation is 1. The molecule has 0 radical (unpaired) electrons. The van der Waals surface area contributed by atoms with E-state index in [0.717, 1.165) is 0 Å². The van der Waals surface area contributed by atoms with E-state index >= 15 is 0 Å². The second-order valence-electron chi connectivity index (χ2n) is 5.36. The Balaban J connectivity index is 2.04. The van der Waals surface area contributed by atoms with Crippen molar-refractivity contribution >= 4 is 11.8 Å². The van der Waals surface area contributed by atoms with E-state index in [9.17, 15) is 14.4 Å². The molecule has 120 valence electrons. The van der Waals surface area contributed by atoms with Crippen LogP contribution >= 0.6 is 0 Å². The second-order valence-corrected chi connectivity index (χ2v) is 5.36. The van der Waals surface area contributed by atoms with Crippen molar-refractivity contribution in [2.45, 2.75) is 20.4 Å². The third-order valence-electron chi connectivity index (χ3n) is 3.91. The van der Waals surface area contributed by atoms with Crippen molar-refractivity contribution in [3.8, 4) is 5.75 Å². The third-order valence-corrected chi connectivity index (χ3v) is 3.91. The molecule has 1 aromatic rings. The molecule has 2 rings (SSSR count). The molecule has 22 heavy (non-hydrogen) atoms. The minimum Gasteiger partial charge on any atom is -0.491 e. The normalized spacial score (nSPS) is 14.9. The van der Waals surface area contributed by atoms with E-state index in [1.165, 1.54) is 20.1 Å². The molecule has 0 unspecified atom stereocenters. The van der Waals surface area contributed by atoms with E-state index in [1.807, 2.05) is 0 Å². The summed E-state index contributed by atoms with van der Waals surface area (Å²) in [5.74, 6) is 0.227. The highest BCUT2D eigenvalue weighted by Crippen LogP contribution is 2.08. The van der Waals surface area contributed by atoms with Gasteiger partial charge < -0.3 is 19.1 Å². The molecule has 7 heteroatoms. The Kier molecular flexibility index (Phi) is 4.85. The van der Waals surface area contributed by atoms with Crippen molar-refractivity contribution in [1.82, 2.24) is 14.4 Å². The van der Waals surface area contributed by atoms with Crippen LogP contribution in [0.2, 0.25) is 0 Å². The standard InChI is InChI=1S/C15H21N3O4/c1-11-8-13(20)14(22-3)9-18(11)10-15(21)17-6-4-16(5-7-17)12(2)19/h8-9H,4-7,10H2,1-3H3. The number of methoxy groups -OCH3 is 1. The van der Waals surface area contributed by atoms with E-state index < -0.39 is 0 Å². The smallest absolute Gasteiger partial charge is 0.242 e. The number of pyridine rings is 1. The molecule has 0 N–H and O–H groups in total. The lowest BCUT2D eigenvalue weighted by atomic mass is 10.3. The van der Waals surface area contributed by atoms with Crippen LogP contribution in [-0.4, -0.2) is 59.5 Å². The van der Waals surface area contributed by atoms with E-state index in [2.05, 4.69) is 0 Å². The number of nitrogens with zero attached hydrogens (tertiary/aromatic N) is 3. The molecule has 1 saturated heterocycles. The number of piperazine rings is 1. The Morgan fingerprint density at radius 1 is 1.18 bits per heavy atom. The Morgan fingerprint density at radius 3 is 2.32 bits per heavy atom. The molecule has 1 aromatic heterocycles. The summed E-state index contributed by atoms with van der Waals surface area (Å²) in [4.78, 5) is 38.8. The number of carbonyl (C=O) groups is 2. The highest BCUT2D eigenvalue weighted by Gasteiger charge is 2.22. The van der Waals surface area contributed by atoms with Crippen molar-refractivity contribution in [1.29, 1.82) is 0 Å². The Labute approximate surface area is 129 Å². The van der Waals surface area contributed by atoms with Crippen molar-refractivity contribution < 1.29 is 14.3 Å². The molecule has 2 heterocycles. The Hall–Kier alpha value is -2.31. The number of carbonyl (C=O) groups excluding carboxylic acids is 2. The average Bonchev–Trinajstić information content (AvgIpc) is 2.50. The maximum absolute atomic E-state index is 12.4. The summed E-state index contributed by atoms with van der Waals surface area (Å²) in [5, 5.41) is 0. The molecule has 0 aromatic carbocycles. The van der Waals surface area contributed by atoms with Gasteiger partial charge in [0.2, 0.25) is 17.2 Å². The zero-order chi connectivity index (χ0) is 16.3. The highest BCUT2D eigenvalue weighted by atomic mass is 16.5. The number of amides is 2. The molecular formula is C15H21N3O4. The number of ether oxygens (including phenoxy) is 1. The molecule has 1 aliphatic heterocycles. The van der Waals surface area contributed by atoms with Crippen LogP contribution < -0.4 is 10.2 Å². The molecular weight excluding hydrogens is 286 g/mol. The number of rotatable bonds is 3. The summed E-state index contributed by atoms with van der Waals surface area (Å²) in [5.41, 5.74) is 0.514. The molecule has 1 aliphatic rings. The van der Waals surface area contributed by atoms with Gasteiger partial charge >= 0.3 is 0 Å². The van der Waals surface area contributed by atoms with Gasteiger partial charge in [-0.05, 0) is 6.92 Å². The maximum atomic E-state index is 12.4. The van der Waals surface area contributed by atoms with Gasteiger partial charge in [0.05, 0.1) is 13.3 Å². The van der Waals surface area contributed by atoms with Crippen LogP contribution in [0.5, 0.6) is 5.75 Å². The summed E-state index contributed by atoms with van der Waals surface area (Å²) >= 11 is 0. The van der Waals surface area contributed by atoms with Gasteiger partial charge in [0.1, 0.15) is 6.54 Å². The van der Waals surface area contributed by atoms with Crippen LogP contribution in [0, 0.1) is 6.92 Å². The first kappa shape index (κ1) is 16.1. The minimum absolute atomic E-state index is 0.0306. The van der Waals surface area contributed by atoms with Crippen LogP contribution in [-0.2, 0) is 16.1 Å². The largest absolute Gasteiger partial charge is 0.491 e. The predicted molar refractivity (Wildman–Crippen MR) is 80.8 cm³/mol. The van der Waals surface area contributed by atoms with Crippen LogP contribution in [0.25, 0.3) is 0 Å². The summed E-state index contributed by atoms with van der Waals surface area (Å²) in [6, 6.07) is 1.46. The van der Waals surface area contributed by atoms with Crippen LogP contribution in [0.4, 0.5) is 0 Å². The lowest BCUT2D eigenvalue weighted by molar-refractivity contribution is -0.138. The fourth-order valence-electron chi connectivity index (χ4n) is 2.49. The van der Waals surface area contributed by atoms with Gasteiger partial charge in [0.25, 0.3) is 0 Å². The van der Waals surface area contributed by atoms with Gasteiger partial charge in [-0.3, -0.25) is 14.4 Å². The van der Waals surface area contributed by atoms with Crippen molar-refractivity contribution in [2.24, 2.45) is 0 Å². The topological polar surface area (TPSA) is 71.8 Å². The van der Waals surface area contributed by atoms with Gasteiger partial charge in [0.15, 0.2) is 5.75 Å². The third kappa shape index (κ3) is 3.47. The minimum atomic E-state index is -0.196. The number of hydrogen-bond acceptors (Lipinski definition) is 4. The first-order chi connectivity index (χ1) is 10.4.